The van der Waals surface area contributed by atoms with Crippen LogP contribution < -0.4 is 4.74 Å². The topological polar surface area (TPSA) is 60.4 Å². The van der Waals surface area contributed by atoms with Crippen molar-refractivity contribution in [3.8, 4) is 5.88 Å². The highest BCUT2D eigenvalue weighted by Gasteiger charge is 2.51. The van der Waals surface area contributed by atoms with Gasteiger partial charge in [-0.3, -0.25) is 4.90 Å². The minimum atomic E-state index is -0.0600. The molecule has 1 aliphatic heterocycles. The van der Waals surface area contributed by atoms with Gasteiger partial charge in [-0.2, -0.15) is 0 Å². The Labute approximate surface area is 154 Å². The fourth-order valence-electron chi connectivity index (χ4n) is 4.38. The number of hydrogen-bond acceptors (Lipinski definition) is 6. The molecule has 26 heavy (non-hydrogen) atoms. The van der Waals surface area contributed by atoms with Crippen molar-refractivity contribution in [1.82, 2.24) is 19.9 Å². The lowest BCUT2D eigenvalue weighted by Gasteiger charge is -2.43. The average molecular weight is 354 g/mol. The number of rotatable bonds is 5. The van der Waals surface area contributed by atoms with E-state index in [1.165, 1.54) is 0 Å². The Hall–Kier alpha value is -2.05. The number of ether oxygens (including phenoxy) is 2. The van der Waals surface area contributed by atoms with E-state index in [0.29, 0.717) is 11.9 Å². The van der Waals surface area contributed by atoms with Crippen LogP contribution in [0.25, 0.3) is 0 Å². The van der Waals surface area contributed by atoms with Gasteiger partial charge in [0.25, 0.3) is 0 Å². The molecule has 1 saturated carbocycles. The van der Waals surface area contributed by atoms with E-state index in [-0.39, 0.29) is 11.7 Å². The zero-order valence-electron chi connectivity index (χ0n) is 15.5. The summed E-state index contributed by atoms with van der Waals surface area (Å²) in [5.74, 6) is 1.52. The van der Waals surface area contributed by atoms with E-state index >= 15 is 0 Å². The Morgan fingerprint density at radius 1 is 1.19 bits per heavy atom. The van der Waals surface area contributed by atoms with E-state index in [1.54, 1.807) is 6.20 Å². The van der Waals surface area contributed by atoms with Crippen molar-refractivity contribution in [2.75, 3.05) is 13.7 Å². The van der Waals surface area contributed by atoms with Gasteiger partial charge in [-0.1, -0.05) is 6.07 Å². The molecule has 6 nitrogen and oxygen atoms in total. The predicted octanol–water partition coefficient (Wildman–Crippen LogP) is 2.77. The maximum absolute atomic E-state index is 6.15. The summed E-state index contributed by atoms with van der Waals surface area (Å²) in [5, 5.41) is 0. The van der Waals surface area contributed by atoms with Crippen LogP contribution in [0.2, 0.25) is 0 Å². The highest BCUT2D eigenvalue weighted by Crippen LogP contribution is 2.43. The van der Waals surface area contributed by atoms with Gasteiger partial charge in [0.05, 0.1) is 5.60 Å². The van der Waals surface area contributed by atoms with Gasteiger partial charge >= 0.3 is 0 Å². The third-order valence-corrected chi connectivity index (χ3v) is 5.80. The molecule has 2 aromatic heterocycles. The number of methoxy groups -OCH3 is 1. The number of hydrogen-bond donors (Lipinski definition) is 0. The summed E-state index contributed by atoms with van der Waals surface area (Å²) in [6.07, 6.45) is 9.85. The van der Waals surface area contributed by atoms with Crippen LogP contribution in [0.5, 0.6) is 5.88 Å². The van der Waals surface area contributed by atoms with Gasteiger partial charge in [-0.25, -0.2) is 15.0 Å². The minimum absolute atomic E-state index is 0.0600. The van der Waals surface area contributed by atoms with Gasteiger partial charge < -0.3 is 9.47 Å². The largest absolute Gasteiger partial charge is 0.474 e. The summed E-state index contributed by atoms with van der Waals surface area (Å²) in [7, 11) is 1.85. The molecule has 4 rings (SSSR count). The molecule has 6 heteroatoms. The van der Waals surface area contributed by atoms with Crippen molar-refractivity contribution >= 4 is 0 Å². The van der Waals surface area contributed by atoms with Gasteiger partial charge in [-0.15, -0.1) is 0 Å². The monoisotopic (exact) mass is 354 g/mol. The third kappa shape index (κ3) is 3.44. The van der Waals surface area contributed by atoms with Crippen molar-refractivity contribution in [3.63, 3.8) is 0 Å². The Morgan fingerprint density at radius 3 is 2.77 bits per heavy atom. The lowest BCUT2D eigenvalue weighted by Crippen LogP contribution is -2.52. The van der Waals surface area contributed by atoms with Crippen molar-refractivity contribution < 1.29 is 9.47 Å². The summed E-state index contributed by atoms with van der Waals surface area (Å²) in [6.45, 7) is 3.80. The van der Waals surface area contributed by atoms with Crippen molar-refractivity contribution in [1.29, 1.82) is 0 Å². The van der Waals surface area contributed by atoms with E-state index in [4.69, 9.17) is 9.47 Å². The zero-order valence-corrected chi connectivity index (χ0v) is 15.5. The molecular formula is C20H26N4O2. The van der Waals surface area contributed by atoms with Gasteiger partial charge in [0.15, 0.2) is 0 Å². The molecule has 0 amide bonds. The quantitative estimate of drug-likeness (QED) is 0.823. The Bertz CT molecular complexity index is 724. The first-order chi connectivity index (χ1) is 12.7. The number of nitrogens with zero attached hydrogens (tertiary/aromatic N) is 4. The standard InChI is InChI=1S/C20H26N4O2/c1-15-22-12-16(13-23-15)14-24-10-8-20(25-2)7-6-17(11-18(20)24)26-19-5-3-4-9-21-19/h3-5,9,12-13,17-18H,6-8,10-11,14H2,1-2H3/t17?,18?,20-/m1/s1. The summed E-state index contributed by atoms with van der Waals surface area (Å²) in [6, 6.07) is 6.14. The molecule has 0 aromatic carbocycles. The molecule has 2 fully saturated rings. The highest BCUT2D eigenvalue weighted by atomic mass is 16.5. The number of aromatic nitrogens is 3. The van der Waals surface area contributed by atoms with Crippen molar-refractivity contribution in [2.45, 2.75) is 56.9 Å². The fourth-order valence-corrected chi connectivity index (χ4v) is 4.38. The maximum Gasteiger partial charge on any atom is 0.213 e. The van der Waals surface area contributed by atoms with Crippen molar-refractivity contribution in [2.24, 2.45) is 0 Å². The molecule has 138 valence electrons. The Kier molecular flexibility index (Phi) is 4.87. The van der Waals surface area contributed by atoms with Crippen LogP contribution in [-0.2, 0) is 11.3 Å². The van der Waals surface area contributed by atoms with Crippen LogP contribution in [-0.4, -0.2) is 51.3 Å². The molecule has 0 spiro atoms. The average Bonchev–Trinajstić information content (AvgIpc) is 3.03. The van der Waals surface area contributed by atoms with Gasteiger partial charge in [-0.05, 0) is 32.3 Å². The van der Waals surface area contributed by atoms with Crippen LogP contribution in [0.3, 0.4) is 0 Å². The molecular weight excluding hydrogens is 328 g/mol. The normalized spacial score (nSPS) is 28.7. The molecule has 1 saturated heterocycles. The van der Waals surface area contributed by atoms with E-state index in [9.17, 15) is 0 Å². The molecule has 2 unspecified atom stereocenters. The second-order valence-corrected chi connectivity index (χ2v) is 7.33. The first kappa shape index (κ1) is 17.4. The van der Waals surface area contributed by atoms with Crippen LogP contribution in [0, 0.1) is 6.92 Å². The third-order valence-electron chi connectivity index (χ3n) is 5.80. The second-order valence-electron chi connectivity index (χ2n) is 7.33. The highest BCUT2D eigenvalue weighted by molar-refractivity contribution is 5.13. The molecule has 1 aliphatic carbocycles. The van der Waals surface area contributed by atoms with E-state index < -0.39 is 0 Å². The summed E-state index contributed by atoms with van der Waals surface area (Å²) >= 11 is 0. The lowest BCUT2D eigenvalue weighted by molar-refractivity contribution is -0.0843. The lowest BCUT2D eigenvalue weighted by atomic mass is 9.79. The molecule has 2 aliphatic rings. The van der Waals surface area contributed by atoms with Crippen LogP contribution in [0.4, 0.5) is 0 Å². The fraction of sp³-hybridized carbons (Fsp3) is 0.550. The summed E-state index contributed by atoms with van der Waals surface area (Å²) < 4.78 is 12.2. The SMILES string of the molecule is CO[C@@]12CCC(Oc3ccccn3)CC1N(Cc1cnc(C)nc1)CC2. The number of pyridine rings is 1. The summed E-state index contributed by atoms with van der Waals surface area (Å²) in [4.78, 5) is 15.5. The van der Waals surface area contributed by atoms with Gasteiger partial charge in [0, 0.05) is 62.9 Å². The first-order valence-electron chi connectivity index (χ1n) is 9.33. The van der Waals surface area contributed by atoms with Gasteiger partial charge in [0.2, 0.25) is 5.88 Å². The Morgan fingerprint density at radius 2 is 2.04 bits per heavy atom. The van der Waals surface area contributed by atoms with Crippen LogP contribution in [0.1, 0.15) is 37.1 Å². The zero-order chi connectivity index (χ0) is 18.0. The Balaban J connectivity index is 1.48. The number of aryl methyl sites for hydroxylation is 1. The van der Waals surface area contributed by atoms with E-state index in [2.05, 4.69) is 19.9 Å². The van der Waals surface area contributed by atoms with Crippen LogP contribution in [0.15, 0.2) is 36.8 Å². The molecule has 0 bridgehead atoms. The van der Waals surface area contributed by atoms with Crippen LogP contribution >= 0.6 is 0 Å². The molecule has 2 aromatic rings. The molecule has 0 N–H and O–H groups in total. The second kappa shape index (κ2) is 7.29. The smallest absolute Gasteiger partial charge is 0.213 e. The minimum Gasteiger partial charge on any atom is -0.474 e. The summed E-state index contributed by atoms with van der Waals surface area (Å²) in [5.41, 5.74) is 1.09. The molecule has 3 heterocycles. The number of likely N-dealkylation sites (tertiary alicyclic amines) is 1. The molecule has 0 radical (unpaired) electrons. The first-order valence-corrected chi connectivity index (χ1v) is 9.33. The van der Waals surface area contributed by atoms with E-state index in [1.807, 2.05) is 44.6 Å². The molecule has 3 atom stereocenters. The maximum atomic E-state index is 6.15. The van der Waals surface area contributed by atoms with Crippen molar-refractivity contribution in [3.05, 3.63) is 48.2 Å². The number of fused-ring (bicyclic) bond motifs is 1. The van der Waals surface area contributed by atoms with E-state index in [0.717, 1.165) is 50.2 Å². The predicted molar refractivity (Wildman–Crippen MR) is 97.8 cm³/mol. The van der Waals surface area contributed by atoms with Gasteiger partial charge in [0.1, 0.15) is 11.9 Å².